The molecule has 1 N–H and O–H groups in total. The van der Waals surface area contributed by atoms with E-state index in [1.165, 1.54) is 0 Å². The monoisotopic (exact) mass is 399 g/mol. The number of hydrogen-bond acceptors (Lipinski definition) is 6. The van der Waals surface area contributed by atoms with Crippen molar-refractivity contribution in [2.45, 2.75) is 13.0 Å². The van der Waals surface area contributed by atoms with Crippen molar-refractivity contribution in [1.29, 1.82) is 0 Å². The molecule has 1 aromatic heterocycles. The van der Waals surface area contributed by atoms with Crippen molar-refractivity contribution in [2.75, 3.05) is 12.9 Å². The molecule has 0 fully saturated rings. The number of ether oxygens (including phenoxy) is 2. The number of aromatic nitrogens is 2. The van der Waals surface area contributed by atoms with Crippen molar-refractivity contribution in [1.82, 2.24) is 14.9 Å². The SMILES string of the molecule is COc1ccc2nc(COc3ccc(CCSC(=O)NC=O)cc3)n(C)c2c1. The minimum Gasteiger partial charge on any atom is -0.497 e. The Balaban J connectivity index is 1.56. The molecule has 0 aliphatic heterocycles. The second kappa shape index (κ2) is 9.27. The Morgan fingerprint density at radius 3 is 2.68 bits per heavy atom. The number of rotatable bonds is 8. The first kappa shape index (κ1) is 19.8. The van der Waals surface area contributed by atoms with Crippen molar-refractivity contribution in [3.63, 3.8) is 0 Å². The van der Waals surface area contributed by atoms with Crippen LogP contribution in [0, 0.1) is 0 Å². The van der Waals surface area contributed by atoms with Gasteiger partial charge in [0.25, 0.3) is 5.24 Å². The third-order valence-corrected chi connectivity index (χ3v) is 5.06. The van der Waals surface area contributed by atoms with Gasteiger partial charge >= 0.3 is 0 Å². The molecular formula is C20H21N3O4S. The number of carbonyl (C=O) groups is 2. The highest BCUT2D eigenvalue weighted by Gasteiger charge is 2.09. The Labute approximate surface area is 167 Å². The molecule has 0 atom stereocenters. The van der Waals surface area contributed by atoms with E-state index >= 15 is 0 Å². The zero-order chi connectivity index (χ0) is 19.9. The van der Waals surface area contributed by atoms with E-state index in [0.717, 1.165) is 52.1 Å². The summed E-state index contributed by atoms with van der Waals surface area (Å²) in [5.41, 5.74) is 2.98. The molecule has 0 aliphatic rings. The van der Waals surface area contributed by atoms with Crippen LogP contribution in [0.4, 0.5) is 4.79 Å². The van der Waals surface area contributed by atoms with Gasteiger partial charge < -0.3 is 14.0 Å². The number of benzene rings is 2. The molecule has 0 bridgehead atoms. The summed E-state index contributed by atoms with van der Waals surface area (Å²) in [7, 11) is 3.60. The lowest BCUT2D eigenvalue weighted by Crippen LogP contribution is -2.16. The van der Waals surface area contributed by atoms with Crippen LogP contribution in [-0.2, 0) is 24.9 Å². The summed E-state index contributed by atoms with van der Waals surface area (Å²) in [5.74, 6) is 2.97. The number of methoxy groups -OCH3 is 1. The average molecular weight is 399 g/mol. The molecule has 2 amide bonds. The molecule has 0 radical (unpaired) electrons. The molecule has 3 rings (SSSR count). The zero-order valence-corrected chi connectivity index (χ0v) is 16.5. The van der Waals surface area contributed by atoms with Gasteiger partial charge in [-0.25, -0.2) is 4.98 Å². The third kappa shape index (κ3) is 4.83. The van der Waals surface area contributed by atoms with Crippen LogP contribution < -0.4 is 14.8 Å². The Bertz CT molecular complexity index is 969. The maximum absolute atomic E-state index is 11.2. The molecule has 7 nitrogen and oxygen atoms in total. The number of thioether (sulfide) groups is 1. The molecule has 8 heteroatoms. The van der Waals surface area contributed by atoms with Crippen molar-refractivity contribution in [2.24, 2.45) is 7.05 Å². The fourth-order valence-electron chi connectivity index (χ4n) is 2.73. The first-order valence-corrected chi connectivity index (χ1v) is 9.67. The van der Waals surface area contributed by atoms with Gasteiger partial charge in [-0.15, -0.1) is 0 Å². The van der Waals surface area contributed by atoms with Crippen LogP contribution in [0.2, 0.25) is 0 Å². The second-order valence-electron chi connectivity index (χ2n) is 6.02. The van der Waals surface area contributed by atoms with E-state index in [1.54, 1.807) is 7.11 Å². The second-order valence-corrected chi connectivity index (χ2v) is 7.09. The number of fused-ring (bicyclic) bond motifs is 1. The van der Waals surface area contributed by atoms with E-state index in [0.29, 0.717) is 18.8 Å². The van der Waals surface area contributed by atoms with Gasteiger partial charge in [0.2, 0.25) is 6.41 Å². The van der Waals surface area contributed by atoms with Gasteiger partial charge in [-0.2, -0.15) is 0 Å². The van der Waals surface area contributed by atoms with Crippen LogP contribution in [0.5, 0.6) is 11.5 Å². The van der Waals surface area contributed by atoms with E-state index in [1.807, 2.05) is 54.1 Å². The molecule has 0 aliphatic carbocycles. The number of aryl methyl sites for hydroxylation is 2. The molecular weight excluding hydrogens is 378 g/mol. The summed E-state index contributed by atoms with van der Waals surface area (Å²) in [5, 5.41) is 1.76. The lowest BCUT2D eigenvalue weighted by atomic mass is 10.2. The first-order chi connectivity index (χ1) is 13.6. The molecule has 1 heterocycles. The Morgan fingerprint density at radius 2 is 1.96 bits per heavy atom. The fourth-order valence-corrected chi connectivity index (χ4v) is 3.38. The highest BCUT2D eigenvalue weighted by molar-refractivity contribution is 8.13. The normalized spacial score (nSPS) is 10.6. The molecule has 0 unspecified atom stereocenters. The summed E-state index contributed by atoms with van der Waals surface area (Å²) in [4.78, 5) is 26.0. The standard InChI is InChI=1S/C20H21N3O4S/c1-23-18-11-16(26-2)7-8-17(18)22-19(23)12-27-15-5-3-14(4-6-15)9-10-28-20(25)21-13-24/h3-8,11,13H,9-10,12H2,1-2H3,(H,21,24,25). The number of imide groups is 1. The van der Waals surface area contributed by atoms with Crippen LogP contribution in [0.25, 0.3) is 11.0 Å². The first-order valence-electron chi connectivity index (χ1n) is 8.68. The van der Waals surface area contributed by atoms with E-state index in [-0.39, 0.29) is 5.24 Å². The van der Waals surface area contributed by atoms with Crippen molar-refractivity contribution in [3.05, 3.63) is 53.9 Å². The van der Waals surface area contributed by atoms with Gasteiger partial charge in [-0.3, -0.25) is 14.9 Å². The Hall–Kier alpha value is -3.00. The topological polar surface area (TPSA) is 82.5 Å². The molecule has 28 heavy (non-hydrogen) atoms. The van der Waals surface area contributed by atoms with Gasteiger partial charge in [0.15, 0.2) is 0 Å². The molecule has 2 aromatic carbocycles. The minimum atomic E-state index is -0.338. The zero-order valence-electron chi connectivity index (χ0n) is 15.7. The highest BCUT2D eigenvalue weighted by Crippen LogP contribution is 2.22. The van der Waals surface area contributed by atoms with E-state index in [2.05, 4.69) is 10.3 Å². The molecule has 0 spiro atoms. The van der Waals surface area contributed by atoms with E-state index in [9.17, 15) is 9.59 Å². The number of nitrogens with one attached hydrogen (secondary N) is 1. The smallest absolute Gasteiger partial charge is 0.285 e. The summed E-state index contributed by atoms with van der Waals surface area (Å²) in [6.07, 6.45) is 1.12. The molecule has 3 aromatic rings. The van der Waals surface area contributed by atoms with Crippen LogP contribution >= 0.6 is 11.8 Å². The third-order valence-electron chi connectivity index (χ3n) is 4.27. The Kier molecular flexibility index (Phi) is 6.54. The predicted octanol–water partition coefficient (Wildman–Crippen LogP) is 3.30. The number of carbonyl (C=O) groups excluding carboxylic acids is 2. The predicted molar refractivity (Wildman–Crippen MR) is 109 cm³/mol. The average Bonchev–Trinajstić information content (AvgIpc) is 3.02. The lowest BCUT2D eigenvalue weighted by molar-refractivity contribution is -0.108. The minimum absolute atomic E-state index is 0.338. The number of amides is 2. The van der Waals surface area contributed by atoms with Crippen molar-refractivity contribution in [3.8, 4) is 11.5 Å². The van der Waals surface area contributed by atoms with Gasteiger partial charge in [-0.05, 0) is 36.2 Å². The van der Waals surface area contributed by atoms with Gasteiger partial charge in [0.05, 0.1) is 18.1 Å². The van der Waals surface area contributed by atoms with Gasteiger partial charge in [0.1, 0.15) is 23.9 Å². The number of hydrogen-bond donors (Lipinski definition) is 1. The maximum atomic E-state index is 11.2. The van der Waals surface area contributed by atoms with E-state index in [4.69, 9.17) is 9.47 Å². The summed E-state index contributed by atoms with van der Waals surface area (Å²) in [6, 6.07) is 13.5. The van der Waals surface area contributed by atoms with Gasteiger partial charge in [-0.1, -0.05) is 23.9 Å². The van der Waals surface area contributed by atoms with E-state index < -0.39 is 0 Å². The van der Waals surface area contributed by atoms with Crippen LogP contribution in [0.15, 0.2) is 42.5 Å². The quantitative estimate of drug-likeness (QED) is 0.585. The molecule has 0 saturated heterocycles. The van der Waals surface area contributed by atoms with Crippen molar-refractivity contribution >= 4 is 34.4 Å². The largest absolute Gasteiger partial charge is 0.497 e. The van der Waals surface area contributed by atoms with Crippen LogP contribution in [0.3, 0.4) is 0 Å². The molecule has 146 valence electrons. The fraction of sp³-hybridized carbons (Fsp3) is 0.250. The summed E-state index contributed by atoms with van der Waals surface area (Å²) < 4.78 is 13.1. The number of nitrogens with zero attached hydrogens (tertiary/aromatic N) is 2. The maximum Gasteiger partial charge on any atom is 0.285 e. The number of imidazole rings is 1. The van der Waals surface area contributed by atoms with Crippen LogP contribution in [-0.4, -0.2) is 34.1 Å². The van der Waals surface area contributed by atoms with Crippen LogP contribution in [0.1, 0.15) is 11.4 Å². The van der Waals surface area contributed by atoms with Crippen molar-refractivity contribution < 1.29 is 19.1 Å². The molecule has 0 saturated carbocycles. The highest BCUT2D eigenvalue weighted by atomic mass is 32.2. The summed E-state index contributed by atoms with van der Waals surface area (Å²) >= 11 is 1.08. The Morgan fingerprint density at radius 1 is 1.21 bits per heavy atom. The van der Waals surface area contributed by atoms with Gasteiger partial charge in [0, 0.05) is 18.9 Å². The lowest BCUT2D eigenvalue weighted by Gasteiger charge is -2.08. The summed E-state index contributed by atoms with van der Waals surface area (Å²) in [6.45, 7) is 0.356.